The Morgan fingerprint density at radius 2 is 1.70 bits per heavy atom. The number of amides is 2. The van der Waals surface area contributed by atoms with Crippen LogP contribution in [0.15, 0.2) is 60.7 Å². The van der Waals surface area contributed by atoms with Crippen LogP contribution in [0.2, 0.25) is 0 Å². The second-order valence-electron chi connectivity index (χ2n) is 6.83. The average Bonchev–Trinajstić information content (AvgIpc) is 3.17. The van der Waals surface area contributed by atoms with Crippen LogP contribution in [0, 0.1) is 5.92 Å². The van der Waals surface area contributed by atoms with Crippen molar-refractivity contribution in [1.82, 2.24) is 9.78 Å². The third kappa shape index (κ3) is 4.72. The van der Waals surface area contributed by atoms with E-state index < -0.39 is 11.9 Å². The van der Waals surface area contributed by atoms with Crippen molar-refractivity contribution in [2.75, 3.05) is 17.7 Å². The molecule has 0 unspecified atom stereocenters. The Balaban J connectivity index is 1.90. The van der Waals surface area contributed by atoms with E-state index in [1.165, 1.54) is 23.9 Å². The number of rotatable bonds is 6. The van der Waals surface area contributed by atoms with E-state index in [-0.39, 0.29) is 17.5 Å². The van der Waals surface area contributed by atoms with Crippen LogP contribution in [-0.2, 0) is 9.53 Å². The van der Waals surface area contributed by atoms with Gasteiger partial charge in [-0.05, 0) is 30.3 Å². The van der Waals surface area contributed by atoms with Crippen molar-refractivity contribution in [2.45, 2.75) is 13.8 Å². The Labute approximate surface area is 173 Å². The van der Waals surface area contributed by atoms with Gasteiger partial charge < -0.3 is 15.4 Å². The third-order valence-electron chi connectivity index (χ3n) is 4.26. The first kappa shape index (κ1) is 20.8. The average molecular weight is 406 g/mol. The highest BCUT2D eigenvalue weighted by Gasteiger charge is 2.19. The molecule has 1 heterocycles. The summed E-state index contributed by atoms with van der Waals surface area (Å²) < 4.78 is 6.20. The number of nitrogens with zero attached hydrogens (tertiary/aromatic N) is 2. The molecule has 3 rings (SSSR count). The SMILES string of the molecule is COC(=O)c1cccc(NC(=O)c2cc(NC(=O)C(C)C)n(-c3ccccc3)n2)c1. The van der Waals surface area contributed by atoms with Crippen LogP contribution < -0.4 is 10.6 Å². The van der Waals surface area contributed by atoms with Gasteiger partial charge in [-0.3, -0.25) is 9.59 Å². The maximum absolute atomic E-state index is 12.8. The maximum Gasteiger partial charge on any atom is 0.337 e. The number of ether oxygens (including phenoxy) is 1. The molecule has 3 aromatic rings. The van der Waals surface area contributed by atoms with Crippen LogP contribution in [0.3, 0.4) is 0 Å². The first-order chi connectivity index (χ1) is 14.4. The number of hydrogen-bond acceptors (Lipinski definition) is 5. The number of anilines is 2. The minimum atomic E-state index is -0.502. The van der Waals surface area contributed by atoms with Gasteiger partial charge >= 0.3 is 5.97 Å². The second kappa shape index (κ2) is 9.04. The molecule has 0 saturated heterocycles. The van der Waals surface area contributed by atoms with Crippen molar-refractivity contribution in [3.63, 3.8) is 0 Å². The highest BCUT2D eigenvalue weighted by Crippen LogP contribution is 2.20. The van der Waals surface area contributed by atoms with E-state index in [1.54, 1.807) is 32.0 Å². The molecule has 0 fully saturated rings. The molecule has 0 aliphatic rings. The van der Waals surface area contributed by atoms with Crippen LogP contribution in [0.5, 0.6) is 0 Å². The Morgan fingerprint density at radius 3 is 2.37 bits per heavy atom. The summed E-state index contributed by atoms with van der Waals surface area (Å²) in [5, 5.41) is 9.87. The first-order valence-electron chi connectivity index (χ1n) is 9.35. The number of aromatic nitrogens is 2. The Bertz CT molecular complexity index is 1070. The van der Waals surface area contributed by atoms with Gasteiger partial charge in [0.1, 0.15) is 5.82 Å². The highest BCUT2D eigenvalue weighted by molar-refractivity contribution is 6.04. The van der Waals surface area contributed by atoms with Gasteiger partial charge in [0, 0.05) is 17.7 Å². The van der Waals surface area contributed by atoms with Crippen molar-refractivity contribution < 1.29 is 19.1 Å². The van der Waals surface area contributed by atoms with Gasteiger partial charge in [0.2, 0.25) is 5.91 Å². The molecule has 2 N–H and O–H groups in total. The molecule has 0 bridgehead atoms. The standard InChI is InChI=1S/C22H22N4O4/c1-14(2)20(27)24-19-13-18(25-26(19)17-10-5-4-6-11-17)21(28)23-16-9-7-8-15(12-16)22(29)30-3/h4-14H,1-3H3,(H,23,28)(H,24,27). The predicted octanol–water partition coefficient (Wildman–Crippen LogP) is 3.51. The summed E-state index contributed by atoms with van der Waals surface area (Å²) >= 11 is 0. The molecule has 2 aromatic carbocycles. The van der Waals surface area contributed by atoms with E-state index in [9.17, 15) is 14.4 Å². The van der Waals surface area contributed by atoms with Crippen molar-refractivity contribution >= 4 is 29.3 Å². The lowest BCUT2D eigenvalue weighted by Gasteiger charge is -2.10. The molecule has 8 nitrogen and oxygen atoms in total. The van der Waals surface area contributed by atoms with Crippen LogP contribution in [0.25, 0.3) is 5.69 Å². The van der Waals surface area contributed by atoms with E-state index in [0.717, 1.165) is 0 Å². The van der Waals surface area contributed by atoms with Gasteiger partial charge in [-0.1, -0.05) is 38.1 Å². The largest absolute Gasteiger partial charge is 0.465 e. The quantitative estimate of drug-likeness (QED) is 0.610. The molecular weight excluding hydrogens is 384 g/mol. The molecule has 1 aromatic heterocycles. The predicted molar refractivity (Wildman–Crippen MR) is 113 cm³/mol. The van der Waals surface area contributed by atoms with Crippen LogP contribution in [0.4, 0.5) is 11.5 Å². The molecule has 0 atom stereocenters. The molecule has 2 amide bonds. The van der Waals surface area contributed by atoms with Gasteiger partial charge in [0.05, 0.1) is 18.4 Å². The van der Waals surface area contributed by atoms with Crippen LogP contribution in [-0.4, -0.2) is 34.7 Å². The summed E-state index contributed by atoms with van der Waals surface area (Å²) in [4.78, 5) is 36.7. The van der Waals surface area contributed by atoms with Gasteiger partial charge in [-0.2, -0.15) is 5.10 Å². The molecule has 154 valence electrons. The van der Waals surface area contributed by atoms with Crippen molar-refractivity contribution in [3.05, 3.63) is 71.9 Å². The number of benzene rings is 2. The van der Waals surface area contributed by atoms with Crippen molar-refractivity contribution in [1.29, 1.82) is 0 Å². The van der Waals surface area contributed by atoms with Gasteiger partial charge in [-0.15, -0.1) is 0 Å². The molecule has 0 radical (unpaired) electrons. The Morgan fingerprint density at radius 1 is 0.967 bits per heavy atom. The van der Waals surface area contributed by atoms with E-state index >= 15 is 0 Å². The van der Waals surface area contributed by atoms with Gasteiger partial charge in [-0.25, -0.2) is 9.48 Å². The van der Waals surface area contributed by atoms with E-state index in [0.29, 0.717) is 22.8 Å². The zero-order valence-electron chi connectivity index (χ0n) is 16.9. The summed E-state index contributed by atoms with van der Waals surface area (Å²) in [6, 6.07) is 17.1. The fourth-order valence-electron chi connectivity index (χ4n) is 2.65. The van der Waals surface area contributed by atoms with Crippen LogP contribution in [0.1, 0.15) is 34.7 Å². The minimum Gasteiger partial charge on any atom is -0.465 e. The highest BCUT2D eigenvalue weighted by atomic mass is 16.5. The van der Waals surface area contributed by atoms with Gasteiger partial charge in [0.25, 0.3) is 5.91 Å². The number of hydrogen-bond donors (Lipinski definition) is 2. The maximum atomic E-state index is 12.8. The molecule has 0 spiro atoms. The summed E-state index contributed by atoms with van der Waals surface area (Å²) in [5.74, 6) is -1.02. The first-order valence-corrected chi connectivity index (χ1v) is 9.35. The fourth-order valence-corrected chi connectivity index (χ4v) is 2.65. The summed E-state index contributed by atoms with van der Waals surface area (Å²) in [6.07, 6.45) is 0. The minimum absolute atomic E-state index is 0.112. The zero-order valence-corrected chi connectivity index (χ0v) is 16.9. The number of carbonyl (C=O) groups is 3. The molecule has 8 heteroatoms. The van der Waals surface area contributed by atoms with Crippen molar-refractivity contribution in [3.8, 4) is 5.69 Å². The summed E-state index contributed by atoms with van der Waals surface area (Å²) in [5.41, 5.74) is 1.55. The number of esters is 1. The lowest BCUT2D eigenvalue weighted by atomic mass is 10.2. The Hall–Kier alpha value is -3.94. The zero-order chi connectivity index (χ0) is 21.7. The monoisotopic (exact) mass is 406 g/mol. The second-order valence-corrected chi connectivity index (χ2v) is 6.83. The number of carbonyl (C=O) groups excluding carboxylic acids is 3. The smallest absolute Gasteiger partial charge is 0.337 e. The number of nitrogens with one attached hydrogen (secondary N) is 2. The third-order valence-corrected chi connectivity index (χ3v) is 4.26. The van der Waals surface area contributed by atoms with E-state index in [1.807, 2.05) is 30.3 Å². The lowest BCUT2D eigenvalue weighted by Crippen LogP contribution is -2.19. The number of methoxy groups -OCH3 is 1. The van der Waals surface area contributed by atoms with E-state index in [4.69, 9.17) is 4.74 Å². The summed E-state index contributed by atoms with van der Waals surface area (Å²) in [7, 11) is 1.29. The Kier molecular flexibility index (Phi) is 6.26. The normalized spacial score (nSPS) is 10.5. The lowest BCUT2D eigenvalue weighted by molar-refractivity contribution is -0.118. The molecule has 30 heavy (non-hydrogen) atoms. The molecule has 0 aliphatic heterocycles. The topological polar surface area (TPSA) is 102 Å². The van der Waals surface area contributed by atoms with Crippen molar-refractivity contribution in [2.24, 2.45) is 5.92 Å². The molecule has 0 saturated carbocycles. The van der Waals surface area contributed by atoms with Crippen LogP contribution >= 0.6 is 0 Å². The molecule has 0 aliphatic carbocycles. The number of para-hydroxylation sites is 1. The molecular formula is C22H22N4O4. The fraction of sp³-hybridized carbons (Fsp3) is 0.182. The summed E-state index contributed by atoms with van der Waals surface area (Å²) in [6.45, 7) is 3.56. The van der Waals surface area contributed by atoms with E-state index in [2.05, 4.69) is 15.7 Å². The van der Waals surface area contributed by atoms with Gasteiger partial charge in [0.15, 0.2) is 5.69 Å².